The Morgan fingerprint density at radius 3 is 2.75 bits per heavy atom. The van der Waals surface area contributed by atoms with Crippen LogP contribution in [0, 0.1) is 12.3 Å². The molecule has 0 atom stereocenters. The number of benzene rings is 1. The first-order valence-electron chi connectivity index (χ1n) is 6.11. The highest BCUT2D eigenvalue weighted by Crippen LogP contribution is 2.13. The van der Waals surface area contributed by atoms with Crippen molar-refractivity contribution >= 4 is 17.2 Å². The van der Waals surface area contributed by atoms with Crippen LogP contribution in [0.5, 0.6) is 0 Å². The molecule has 5 heteroatoms. The molecule has 0 unspecified atom stereocenters. The van der Waals surface area contributed by atoms with E-state index in [9.17, 15) is 4.79 Å². The lowest BCUT2D eigenvalue weighted by Crippen LogP contribution is -2.33. The van der Waals surface area contributed by atoms with Crippen LogP contribution in [-0.2, 0) is 6.54 Å². The first kappa shape index (κ1) is 14.3. The van der Waals surface area contributed by atoms with Gasteiger partial charge in [0.05, 0.1) is 6.61 Å². The maximum Gasteiger partial charge on any atom is 0.273 e. The molecule has 102 valence electrons. The Morgan fingerprint density at radius 1 is 1.40 bits per heavy atom. The van der Waals surface area contributed by atoms with Crippen molar-refractivity contribution in [3.05, 3.63) is 52.0 Å². The minimum Gasteiger partial charge on any atom is -0.395 e. The van der Waals surface area contributed by atoms with E-state index in [1.807, 2.05) is 30.3 Å². The molecule has 2 rings (SSSR count). The van der Waals surface area contributed by atoms with E-state index in [4.69, 9.17) is 11.5 Å². The molecule has 20 heavy (non-hydrogen) atoms. The zero-order valence-corrected chi connectivity index (χ0v) is 11.6. The number of hydrogen-bond acceptors (Lipinski definition) is 4. The first-order valence-corrected chi connectivity index (χ1v) is 6.98. The van der Waals surface area contributed by atoms with Gasteiger partial charge in [0.15, 0.2) is 5.01 Å². The molecule has 0 saturated carbocycles. The second-order valence-corrected chi connectivity index (χ2v) is 4.98. The van der Waals surface area contributed by atoms with Crippen molar-refractivity contribution < 1.29 is 9.90 Å². The van der Waals surface area contributed by atoms with Crippen LogP contribution < -0.4 is 0 Å². The average molecular weight is 286 g/mol. The topological polar surface area (TPSA) is 53.4 Å². The van der Waals surface area contributed by atoms with E-state index < -0.39 is 0 Å². The number of aliphatic hydroxyl groups excluding tert-OH is 1. The van der Waals surface area contributed by atoms with E-state index in [2.05, 4.69) is 10.9 Å². The van der Waals surface area contributed by atoms with Gasteiger partial charge in [-0.15, -0.1) is 17.8 Å². The predicted molar refractivity (Wildman–Crippen MR) is 78.3 cm³/mol. The number of thiazole rings is 1. The van der Waals surface area contributed by atoms with Crippen molar-refractivity contribution in [1.82, 2.24) is 9.88 Å². The van der Waals surface area contributed by atoms with Gasteiger partial charge < -0.3 is 10.0 Å². The lowest BCUT2D eigenvalue weighted by atomic mass is 10.2. The van der Waals surface area contributed by atoms with E-state index in [-0.39, 0.29) is 19.1 Å². The molecule has 0 spiro atoms. The number of nitrogens with zero attached hydrogens (tertiary/aromatic N) is 2. The summed E-state index contributed by atoms with van der Waals surface area (Å²) in [6.07, 6.45) is 5.25. The first-order chi connectivity index (χ1) is 9.74. The molecule has 0 saturated heterocycles. The summed E-state index contributed by atoms with van der Waals surface area (Å²) in [5.41, 5.74) is 1.33. The molecule has 0 aliphatic carbocycles. The summed E-state index contributed by atoms with van der Waals surface area (Å²) in [5.74, 6) is 2.19. The van der Waals surface area contributed by atoms with Crippen LogP contribution in [0.1, 0.15) is 21.1 Å². The third kappa shape index (κ3) is 3.44. The normalized spacial score (nSPS) is 10.0. The maximum absolute atomic E-state index is 12.4. The molecule has 1 heterocycles. The van der Waals surface area contributed by atoms with Gasteiger partial charge in [-0.25, -0.2) is 4.98 Å². The summed E-state index contributed by atoms with van der Waals surface area (Å²) in [6.45, 7) is 0.602. The number of aliphatic hydroxyl groups is 1. The van der Waals surface area contributed by atoms with Gasteiger partial charge in [0.2, 0.25) is 0 Å². The van der Waals surface area contributed by atoms with Crippen LogP contribution in [0.4, 0.5) is 0 Å². The highest BCUT2D eigenvalue weighted by molar-refractivity contribution is 7.10. The maximum atomic E-state index is 12.4. The third-order valence-corrected chi connectivity index (χ3v) is 3.49. The molecule has 1 aromatic heterocycles. The Hall–Kier alpha value is -2.16. The summed E-state index contributed by atoms with van der Waals surface area (Å²) >= 11 is 1.26. The molecule has 1 aromatic carbocycles. The number of amides is 1. The van der Waals surface area contributed by atoms with Crippen molar-refractivity contribution in [2.24, 2.45) is 0 Å². The molecule has 0 aliphatic rings. The van der Waals surface area contributed by atoms with Gasteiger partial charge in [-0.2, -0.15) is 0 Å². The number of carbonyl (C=O) groups excluding carboxylic acids is 1. The Balaban J connectivity index is 2.15. The van der Waals surface area contributed by atoms with Crippen LogP contribution in [0.15, 0.2) is 35.7 Å². The molecule has 1 amide bonds. The molecule has 4 nitrogen and oxygen atoms in total. The average Bonchev–Trinajstić information content (AvgIpc) is 2.96. The predicted octanol–water partition coefficient (Wildman–Crippen LogP) is 1.76. The molecule has 0 radical (unpaired) electrons. The second-order valence-electron chi connectivity index (χ2n) is 4.12. The van der Waals surface area contributed by atoms with Gasteiger partial charge in [-0.05, 0) is 11.5 Å². The highest BCUT2D eigenvalue weighted by atomic mass is 32.1. The van der Waals surface area contributed by atoms with Gasteiger partial charge >= 0.3 is 0 Å². The SMILES string of the molecule is C#Cc1nc(C(=O)N(CCO)Cc2ccccc2)cs1. The number of hydrogen-bond donors (Lipinski definition) is 1. The lowest BCUT2D eigenvalue weighted by Gasteiger charge is -2.20. The molecule has 1 N–H and O–H groups in total. The van der Waals surface area contributed by atoms with Crippen LogP contribution in [-0.4, -0.2) is 34.0 Å². The lowest BCUT2D eigenvalue weighted by molar-refractivity contribution is 0.0702. The minimum atomic E-state index is -0.222. The molecule has 2 aromatic rings. The standard InChI is InChI=1S/C15H14N2O2S/c1-2-14-16-13(11-20-14)15(19)17(8-9-18)10-12-6-4-3-5-7-12/h1,3-7,11,18H,8-10H2. The van der Waals surface area contributed by atoms with Gasteiger partial charge in [-0.3, -0.25) is 4.79 Å². The molecular weight excluding hydrogens is 272 g/mol. The van der Waals surface area contributed by atoms with Crippen molar-refractivity contribution in [1.29, 1.82) is 0 Å². The molecule has 0 fully saturated rings. The summed E-state index contributed by atoms with van der Waals surface area (Å²) < 4.78 is 0. The number of carbonyl (C=O) groups is 1. The van der Waals surface area contributed by atoms with Crippen molar-refractivity contribution in [3.63, 3.8) is 0 Å². The Bertz CT molecular complexity index is 616. The molecular formula is C15H14N2O2S. The van der Waals surface area contributed by atoms with Crippen molar-refractivity contribution in [3.8, 4) is 12.3 Å². The fourth-order valence-electron chi connectivity index (χ4n) is 1.78. The Kier molecular flexibility index (Phi) is 4.88. The van der Waals surface area contributed by atoms with E-state index in [1.54, 1.807) is 10.3 Å². The summed E-state index contributed by atoms with van der Waals surface area (Å²) in [4.78, 5) is 18.0. The van der Waals surface area contributed by atoms with Gasteiger partial charge in [0, 0.05) is 18.5 Å². The van der Waals surface area contributed by atoms with E-state index >= 15 is 0 Å². The Labute approximate surface area is 121 Å². The Morgan fingerprint density at radius 2 is 2.15 bits per heavy atom. The third-order valence-electron chi connectivity index (χ3n) is 2.72. The second kappa shape index (κ2) is 6.85. The smallest absolute Gasteiger partial charge is 0.273 e. The number of terminal acetylenes is 1. The molecule has 0 bridgehead atoms. The number of aromatic nitrogens is 1. The monoisotopic (exact) mass is 286 g/mol. The van der Waals surface area contributed by atoms with Crippen LogP contribution in [0.3, 0.4) is 0 Å². The van der Waals surface area contributed by atoms with Crippen LogP contribution >= 0.6 is 11.3 Å². The minimum absolute atomic E-state index is 0.0926. The zero-order valence-electron chi connectivity index (χ0n) is 10.8. The fourth-order valence-corrected chi connectivity index (χ4v) is 2.37. The zero-order chi connectivity index (χ0) is 14.4. The van der Waals surface area contributed by atoms with Gasteiger partial charge in [0.25, 0.3) is 5.91 Å². The largest absolute Gasteiger partial charge is 0.395 e. The summed E-state index contributed by atoms with van der Waals surface area (Å²) in [5, 5.41) is 11.2. The highest BCUT2D eigenvalue weighted by Gasteiger charge is 2.18. The number of rotatable bonds is 5. The quantitative estimate of drug-likeness (QED) is 0.852. The fraction of sp³-hybridized carbons (Fsp3) is 0.200. The summed E-state index contributed by atoms with van der Waals surface area (Å²) in [7, 11) is 0. The van der Waals surface area contributed by atoms with Crippen molar-refractivity contribution in [2.45, 2.75) is 6.54 Å². The van der Waals surface area contributed by atoms with Crippen LogP contribution in [0.25, 0.3) is 0 Å². The van der Waals surface area contributed by atoms with Gasteiger partial charge in [0.1, 0.15) is 5.69 Å². The molecule has 0 aliphatic heterocycles. The summed E-state index contributed by atoms with van der Waals surface area (Å²) in [6, 6.07) is 9.62. The van der Waals surface area contributed by atoms with Crippen molar-refractivity contribution in [2.75, 3.05) is 13.2 Å². The van der Waals surface area contributed by atoms with E-state index in [1.165, 1.54) is 11.3 Å². The van der Waals surface area contributed by atoms with Crippen LogP contribution in [0.2, 0.25) is 0 Å². The van der Waals surface area contributed by atoms with Gasteiger partial charge in [-0.1, -0.05) is 30.3 Å². The van der Waals surface area contributed by atoms with E-state index in [0.29, 0.717) is 17.2 Å². The van der Waals surface area contributed by atoms with E-state index in [0.717, 1.165) is 5.56 Å².